The van der Waals surface area contributed by atoms with Crippen molar-refractivity contribution in [1.29, 1.82) is 0 Å². The second-order valence-corrected chi connectivity index (χ2v) is 5.11. The SMILES string of the molecule is CN(CC(=O)Nc1ccccc1)C(=O)C1CCCCN1.Cl. The number of piperidine rings is 1. The van der Waals surface area contributed by atoms with Gasteiger partial charge in [0.2, 0.25) is 11.8 Å². The van der Waals surface area contributed by atoms with Gasteiger partial charge in [-0.1, -0.05) is 24.6 Å². The summed E-state index contributed by atoms with van der Waals surface area (Å²) in [5, 5.41) is 5.98. The number of hydrogen-bond acceptors (Lipinski definition) is 3. The summed E-state index contributed by atoms with van der Waals surface area (Å²) >= 11 is 0. The fourth-order valence-corrected chi connectivity index (χ4v) is 2.34. The fraction of sp³-hybridized carbons (Fsp3) is 0.467. The lowest BCUT2D eigenvalue weighted by Gasteiger charge is -2.27. The summed E-state index contributed by atoms with van der Waals surface area (Å²) in [7, 11) is 1.67. The molecule has 1 aromatic carbocycles. The Bertz CT molecular complexity index is 461. The number of rotatable bonds is 4. The number of halogens is 1. The second kappa shape index (κ2) is 8.64. The van der Waals surface area contributed by atoms with Crippen molar-refractivity contribution in [3.05, 3.63) is 30.3 Å². The standard InChI is InChI=1S/C15H21N3O2.ClH/c1-18(15(20)13-9-5-6-10-16-13)11-14(19)17-12-7-3-2-4-8-12;/h2-4,7-8,13,16H,5-6,9-11H2,1H3,(H,17,19);1H. The van der Waals surface area contributed by atoms with Crippen LogP contribution >= 0.6 is 12.4 Å². The first-order valence-electron chi connectivity index (χ1n) is 7.00. The number of carbonyl (C=O) groups is 2. The average Bonchev–Trinajstić information content (AvgIpc) is 2.48. The van der Waals surface area contributed by atoms with Gasteiger partial charge >= 0.3 is 0 Å². The van der Waals surface area contributed by atoms with Gasteiger partial charge in [-0.3, -0.25) is 9.59 Å². The number of amides is 2. The number of para-hydroxylation sites is 1. The predicted molar refractivity (Wildman–Crippen MR) is 85.6 cm³/mol. The molecular formula is C15H22ClN3O2. The Balaban J connectivity index is 0.00000220. The quantitative estimate of drug-likeness (QED) is 0.889. The first-order chi connectivity index (χ1) is 9.66. The number of hydrogen-bond donors (Lipinski definition) is 2. The molecule has 2 amide bonds. The number of nitrogens with one attached hydrogen (secondary N) is 2. The van der Waals surface area contributed by atoms with Crippen molar-refractivity contribution in [3.8, 4) is 0 Å². The molecule has 1 aliphatic rings. The molecule has 0 radical (unpaired) electrons. The number of carbonyl (C=O) groups excluding carboxylic acids is 2. The van der Waals surface area contributed by atoms with Gasteiger partial charge in [0, 0.05) is 12.7 Å². The Morgan fingerprint density at radius 2 is 2.00 bits per heavy atom. The van der Waals surface area contributed by atoms with E-state index in [0.717, 1.165) is 31.5 Å². The zero-order valence-corrected chi connectivity index (χ0v) is 13.0. The molecule has 2 rings (SSSR count). The lowest BCUT2D eigenvalue weighted by Crippen LogP contribution is -2.48. The van der Waals surface area contributed by atoms with Crippen molar-refractivity contribution in [1.82, 2.24) is 10.2 Å². The maximum atomic E-state index is 12.2. The van der Waals surface area contributed by atoms with E-state index < -0.39 is 0 Å². The largest absolute Gasteiger partial charge is 0.335 e. The number of benzene rings is 1. The van der Waals surface area contributed by atoms with Gasteiger partial charge in [-0.15, -0.1) is 12.4 Å². The molecule has 1 saturated heterocycles. The molecule has 0 aromatic heterocycles. The minimum absolute atomic E-state index is 0. The molecule has 1 unspecified atom stereocenters. The predicted octanol–water partition coefficient (Wildman–Crippen LogP) is 1.65. The Morgan fingerprint density at radius 3 is 2.62 bits per heavy atom. The van der Waals surface area contributed by atoms with Crippen LogP contribution in [0, 0.1) is 0 Å². The maximum Gasteiger partial charge on any atom is 0.243 e. The zero-order valence-electron chi connectivity index (χ0n) is 12.2. The Kier molecular flexibility index (Phi) is 7.19. The molecular weight excluding hydrogens is 290 g/mol. The lowest BCUT2D eigenvalue weighted by atomic mass is 10.0. The van der Waals surface area contributed by atoms with Crippen LogP contribution in [0.2, 0.25) is 0 Å². The highest BCUT2D eigenvalue weighted by Gasteiger charge is 2.24. The van der Waals surface area contributed by atoms with Crippen LogP contribution in [-0.2, 0) is 9.59 Å². The summed E-state index contributed by atoms with van der Waals surface area (Å²) in [6.07, 6.45) is 3.03. The topological polar surface area (TPSA) is 61.4 Å². The molecule has 0 aliphatic carbocycles. The van der Waals surface area contributed by atoms with E-state index in [-0.39, 0.29) is 36.8 Å². The van der Waals surface area contributed by atoms with Gasteiger partial charge in [0.1, 0.15) is 0 Å². The first kappa shape index (κ1) is 17.5. The van der Waals surface area contributed by atoms with Crippen LogP contribution in [-0.4, -0.2) is 42.9 Å². The highest BCUT2D eigenvalue weighted by molar-refractivity contribution is 5.95. The van der Waals surface area contributed by atoms with Crippen molar-refractivity contribution >= 4 is 29.9 Å². The third kappa shape index (κ3) is 5.36. The molecule has 116 valence electrons. The summed E-state index contributed by atoms with van der Waals surface area (Å²) in [6, 6.07) is 9.11. The minimum Gasteiger partial charge on any atom is -0.335 e. The van der Waals surface area contributed by atoms with Gasteiger partial charge in [-0.25, -0.2) is 0 Å². The molecule has 0 spiro atoms. The molecule has 5 nitrogen and oxygen atoms in total. The lowest BCUT2D eigenvalue weighted by molar-refractivity contribution is -0.135. The molecule has 1 fully saturated rings. The van der Waals surface area contributed by atoms with Crippen molar-refractivity contribution in [2.45, 2.75) is 25.3 Å². The molecule has 1 heterocycles. The first-order valence-corrected chi connectivity index (χ1v) is 7.00. The van der Waals surface area contributed by atoms with Gasteiger partial charge in [-0.05, 0) is 31.5 Å². The van der Waals surface area contributed by atoms with Crippen LogP contribution < -0.4 is 10.6 Å². The van der Waals surface area contributed by atoms with Crippen LogP contribution in [0.25, 0.3) is 0 Å². The van der Waals surface area contributed by atoms with Crippen molar-refractivity contribution in [3.63, 3.8) is 0 Å². The van der Waals surface area contributed by atoms with Crippen molar-refractivity contribution in [2.24, 2.45) is 0 Å². The third-order valence-electron chi connectivity index (χ3n) is 3.42. The van der Waals surface area contributed by atoms with E-state index in [4.69, 9.17) is 0 Å². The van der Waals surface area contributed by atoms with Crippen LogP contribution in [0.5, 0.6) is 0 Å². The van der Waals surface area contributed by atoms with E-state index in [2.05, 4.69) is 10.6 Å². The van der Waals surface area contributed by atoms with Crippen molar-refractivity contribution in [2.75, 3.05) is 25.5 Å². The average molecular weight is 312 g/mol. The van der Waals surface area contributed by atoms with Crippen molar-refractivity contribution < 1.29 is 9.59 Å². The van der Waals surface area contributed by atoms with Gasteiger partial charge < -0.3 is 15.5 Å². The maximum absolute atomic E-state index is 12.2. The normalized spacial score (nSPS) is 17.5. The number of anilines is 1. The van der Waals surface area contributed by atoms with E-state index in [1.54, 1.807) is 7.05 Å². The Morgan fingerprint density at radius 1 is 1.29 bits per heavy atom. The van der Waals surface area contributed by atoms with Gasteiger partial charge in [0.05, 0.1) is 12.6 Å². The van der Waals surface area contributed by atoms with Gasteiger partial charge in [-0.2, -0.15) is 0 Å². The molecule has 0 saturated carbocycles. The highest BCUT2D eigenvalue weighted by atomic mass is 35.5. The molecule has 21 heavy (non-hydrogen) atoms. The van der Waals surface area contributed by atoms with Crippen LogP contribution in [0.4, 0.5) is 5.69 Å². The number of nitrogens with zero attached hydrogens (tertiary/aromatic N) is 1. The number of likely N-dealkylation sites (N-methyl/N-ethyl adjacent to an activating group) is 1. The highest BCUT2D eigenvalue weighted by Crippen LogP contribution is 2.09. The monoisotopic (exact) mass is 311 g/mol. The fourth-order valence-electron chi connectivity index (χ4n) is 2.34. The molecule has 0 bridgehead atoms. The summed E-state index contributed by atoms with van der Waals surface area (Å²) in [5.41, 5.74) is 0.745. The van der Waals surface area contributed by atoms with Gasteiger partial charge in [0.15, 0.2) is 0 Å². The molecule has 2 N–H and O–H groups in total. The molecule has 1 atom stereocenters. The summed E-state index contributed by atoms with van der Waals surface area (Å²) in [4.78, 5) is 25.5. The summed E-state index contributed by atoms with van der Waals surface area (Å²) in [6.45, 7) is 0.951. The minimum atomic E-state index is -0.178. The van der Waals surface area contributed by atoms with Crippen LogP contribution in [0.3, 0.4) is 0 Å². The molecule has 1 aromatic rings. The van der Waals surface area contributed by atoms with E-state index in [0.29, 0.717) is 0 Å². The summed E-state index contributed by atoms with van der Waals surface area (Å²) < 4.78 is 0. The van der Waals surface area contributed by atoms with E-state index in [1.807, 2.05) is 30.3 Å². The smallest absolute Gasteiger partial charge is 0.243 e. The third-order valence-corrected chi connectivity index (χ3v) is 3.42. The Labute approximate surface area is 131 Å². The molecule has 1 aliphatic heterocycles. The summed E-state index contributed by atoms with van der Waals surface area (Å²) in [5.74, 6) is -0.184. The Hall–Kier alpha value is -1.59. The van der Waals surface area contributed by atoms with Crippen LogP contribution in [0.1, 0.15) is 19.3 Å². The van der Waals surface area contributed by atoms with E-state index in [1.165, 1.54) is 4.90 Å². The van der Waals surface area contributed by atoms with E-state index in [9.17, 15) is 9.59 Å². The zero-order chi connectivity index (χ0) is 14.4. The van der Waals surface area contributed by atoms with Gasteiger partial charge in [0.25, 0.3) is 0 Å². The second-order valence-electron chi connectivity index (χ2n) is 5.11. The molecule has 6 heteroatoms. The van der Waals surface area contributed by atoms with E-state index >= 15 is 0 Å². The van der Waals surface area contributed by atoms with Crippen LogP contribution in [0.15, 0.2) is 30.3 Å².